The summed E-state index contributed by atoms with van der Waals surface area (Å²) in [6, 6.07) is 13.9. The number of carbonyl (C=O) groups is 2. The van der Waals surface area contributed by atoms with Gasteiger partial charge in [-0.15, -0.1) is 0 Å². The minimum Gasteiger partial charge on any atom is -0.333 e. The molecule has 172 valence electrons. The van der Waals surface area contributed by atoms with E-state index in [1.807, 2.05) is 26.0 Å². The standard InChI is InChI=1S/C26H36N4O2/c1-6-24(31)27-21-12-11-18(2)22(15-21)28-25(32)29-23(26(3,4)5)17-30-14-13-19-9-7-8-10-20(19)16-30/h7-12,15,23H,6,13-14,16-17H2,1-5H3,(H,27,31)(H2,28,29,32). The molecular formula is C26H36N4O2. The van der Waals surface area contributed by atoms with Crippen molar-refractivity contribution in [3.8, 4) is 0 Å². The SMILES string of the molecule is CCC(=O)Nc1ccc(C)c(NC(=O)NC(CN2CCc3ccccc3C2)C(C)(C)C)c1. The van der Waals surface area contributed by atoms with Crippen LogP contribution >= 0.6 is 0 Å². The third-order valence-electron chi connectivity index (χ3n) is 6.09. The lowest BCUT2D eigenvalue weighted by Crippen LogP contribution is -2.52. The van der Waals surface area contributed by atoms with E-state index in [9.17, 15) is 9.59 Å². The Hall–Kier alpha value is -2.86. The van der Waals surface area contributed by atoms with Gasteiger partial charge in [-0.2, -0.15) is 0 Å². The largest absolute Gasteiger partial charge is 0.333 e. The first-order chi connectivity index (χ1) is 15.2. The average molecular weight is 437 g/mol. The van der Waals surface area contributed by atoms with E-state index in [2.05, 4.69) is 65.9 Å². The van der Waals surface area contributed by atoms with Gasteiger partial charge in [0, 0.05) is 43.5 Å². The highest BCUT2D eigenvalue weighted by molar-refractivity contribution is 5.94. The number of nitrogens with zero attached hydrogens (tertiary/aromatic N) is 1. The first kappa shape index (κ1) is 23.8. The summed E-state index contributed by atoms with van der Waals surface area (Å²) in [7, 11) is 0. The van der Waals surface area contributed by atoms with Crippen molar-refractivity contribution in [2.24, 2.45) is 5.41 Å². The van der Waals surface area contributed by atoms with Crippen molar-refractivity contribution in [2.75, 3.05) is 23.7 Å². The highest BCUT2D eigenvalue weighted by Gasteiger charge is 2.29. The number of rotatable bonds is 6. The molecule has 3 amide bonds. The fraction of sp³-hybridized carbons (Fsp3) is 0.462. The summed E-state index contributed by atoms with van der Waals surface area (Å²) in [5.74, 6) is -0.0554. The number of fused-ring (bicyclic) bond motifs is 1. The number of amides is 3. The number of carbonyl (C=O) groups excluding carboxylic acids is 2. The van der Waals surface area contributed by atoms with Gasteiger partial charge in [-0.3, -0.25) is 9.69 Å². The Bertz CT molecular complexity index is 965. The number of hydrogen-bond acceptors (Lipinski definition) is 3. The predicted molar refractivity (Wildman–Crippen MR) is 131 cm³/mol. The molecule has 0 aromatic heterocycles. The van der Waals surface area contributed by atoms with Crippen molar-refractivity contribution in [1.82, 2.24) is 10.2 Å². The molecule has 3 rings (SSSR count). The molecule has 0 fully saturated rings. The summed E-state index contributed by atoms with van der Waals surface area (Å²) in [5.41, 5.74) is 5.01. The van der Waals surface area contributed by atoms with Gasteiger partial charge >= 0.3 is 6.03 Å². The number of urea groups is 1. The number of benzene rings is 2. The van der Waals surface area contributed by atoms with Crippen molar-refractivity contribution >= 4 is 23.3 Å². The van der Waals surface area contributed by atoms with Crippen LogP contribution < -0.4 is 16.0 Å². The molecular weight excluding hydrogens is 400 g/mol. The lowest BCUT2D eigenvalue weighted by molar-refractivity contribution is -0.115. The summed E-state index contributed by atoms with van der Waals surface area (Å²) in [6.45, 7) is 12.9. The second-order valence-electron chi connectivity index (χ2n) is 9.70. The van der Waals surface area contributed by atoms with Crippen LogP contribution in [0.3, 0.4) is 0 Å². The van der Waals surface area contributed by atoms with Crippen molar-refractivity contribution in [3.05, 3.63) is 59.2 Å². The molecule has 0 saturated carbocycles. The molecule has 0 radical (unpaired) electrons. The monoisotopic (exact) mass is 436 g/mol. The van der Waals surface area contributed by atoms with Crippen LogP contribution in [0.5, 0.6) is 0 Å². The van der Waals surface area contributed by atoms with Crippen LogP contribution in [0, 0.1) is 12.3 Å². The molecule has 1 heterocycles. The molecule has 3 N–H and O–H groups in total. The highest BCUT2D eigenvalue weighted by Crippen LogP contribution is 2.25. The van der Waals surface area contributed by atoms with Crippen molar-refractivity contribution in [2.45, 2.75) is 60.0 Å². The van der Waals surface area contributed by atoms with Gasteiger partial charge in [-0.1, -0.05) is 58.0 Å². The molecule has 0 saturated heterocycles. The van der Waals surface area contributed by atoms with Gasteiger partial charge in [0.2, 0.25) is 5.91 Å². The topological polar surface area (TPSA) is 73.5 Å². The zero-order chi connectivity index (χ0) is 23.3. The van der Waals surface area contributed by atoms with Gasteiger partial charge in [-0.05, 0) is 47.6 Å². The molecule has 6 heteroatoms. The highest BCUT2D eigenvalue weighted by atomic mass is 16.2. The molecule has 1 aliphatic rings. The third-order valence-corrected chi connectivity index (χ3v) is 6.09. The Morgan fingerprint density at radius 2 is 1.78 bits per heavy atom. The van der Waals surface area contributed by atoms with Crippen molar-refractivity contribution < 1.29 is 9.59 Å². The summed E-state index contributed by atoms with van der Waals surface area (Å²) in [5, 5.41) is 9.02. The molecule has 0 bridgehead atoms. The Kier molecular flexibility index (Phi) is 7.56. The second-order valence-corrected chi connectivity index (χ2v) is 9.70. The van der Waals surface area contributed by atoms with E-state index in [1.165, 1.54) is 11.1 Å². The van der Waals surface area contributed by atoms with Crippen molar-refractivity contribution in [3.63, 3.8) is 0 Å². The minimum atomic E-state index is -0.232. The first-order valence-electron chi connectivity index (χ1n) is 11.4. The molecule has 0 spiro atoms. The quantitative estimate of drug-likeness (QED) is 0.601. The summed E-state index contributed by atoms with van der Waals surface area (Å²) < 4.78 is 0. The lowest BCUT2D eigenvalue weighted by atomic mass is 9.86. The molecule has 2 aromatic rings. The van der Waals surface area contributed by atoms with E-state index >= 15 is 0 Å². The normalized spacial score (nSPS) is 14.9. The Labute approximate surface area is 191 Å². The van der Waals surface area contributed by atoms with Crippen LogP contribution in [0.2, 0.25) is 0 Å². The Morgan fingerprint density at radius 1 is 1.06 bits per heavy atom. The zero-order valence-corrected chi connectivity index (χ0v) is 19.9. The predicted octanol–water partition coefficient (Wildman–Crippen LogP) is 4.94. The van der Waals surface area contributed by atoms with E-state index in [1.54, 1.807) is 6.07 Å². The van der Waals surface area contributed by atoms with Gasteiger partial charge in [-0.25, -0.2) is 4.79 Å². The van der Waals surface area contributed by atoms with Crippen molar-refractivity contribution in [1.29, 1.82) is 0 Å². The average Bonchev–Trinajstić information content (AvgIpc) is 2.74. The lowest BCUT2D eigenvalue weighted by Gasteiger charge is -2.38. The first-order valence-corrected chi connectivity index (χ1v) is 11.4. The maximum absolute atomic E-state index is 12.9. The molecule has 1 unspecified atom stereocenters. The van der Waals surface area contributed by atoms with Crippen LogP contribution in [0.15, 0.2) is 42.5 Å². The minimum absolute atomic E-state index is 0.0176. The zero-order valence-electron chi connectivity index (χ0n) is 19.9. The van der Waals surface area contributed by atoms with Crippen LogP contribution in [0.1, 0.15) is 50.8 Å². The second kappa shape index (κ2) is 10.2. The Balaban J connectivity index is 1.66. The van der Waals surface area contributed by atoms with Gasteiger partial charge in [0.05, 0.1) is 0 Å². The smallest absolute Gasteiger partial charge is 0.319 e. The molecule has 1 aliphatic heterocycles. The van der Waals surface area contributed by atoms with Crippen LogP contribution in [-0.4, -0.2) is 36.0 Å². The summed E-state index contributed by atoms with van der Waals surface area (Å²) in [6.07, 6.45) is 1.44. The Morgan fingerprint density at radius 3 is 2.47 bits per heavy atom. The molecule has 32 heavy (non-hydrogen) atoms. The maximum atomic E-state index is 12.9. The van der Waals surface area contributed by atoms with E-state index in [4.69, 9.17) is 0 Å². The van der Waals surface area contributed by atoms with E-state index in [-0.39, 0.29) is 23.4 Å². The molecule has 1 atom stereocenters. The summed E-state index contributed by atoms with van der Waals surface area (Å²) >= 11 is 0. The molecule has 6 nitrogen and oxygen atoms in total. The molecule has 2 aromatic carbocycles. The fourth-order valence-electron chi connectivity index (χ4n) is 3.90. The number of anilines is 2. The van der Waals surface area contributed by atoms with Crippen LogP contribution in [-0.2, 0) is 17.8 Å². The number of nitrogens with one attached hydrogen (secondary N) is 3. The van der Waals surface area contributed by atoms with Crippen LogP contribution in [0.25, 0.3) is 0 Å². The molecule has 0 aliphatic carbocycles. The van der Waals surface area contributed by atoms with Crippen LogP contribution in [0.4, 0.5) is 16.2 Å². The van der Waals surface area contributed by atoms with Gasteiger partial charge < -0.3 is 16.0 Å². The number of hydrogen-bond donors (Lipinski definition) is 3. The fourth-order valence-corrected chi connectivity index (χ4v) is 3.90. The van der Waals surface area contributed by atoms with Gasteiger partial charge in [0.25, 0.3) is 0 Å². The van der Waals surface area contributed by atoms with E-state index in [0.717, 1.165) is 31.6 Å². The number of aryl methyl sites for hydroxylation is 1. The third kappa shape index (κ3) is 6.33. The van der Waals surface area contributed by atoms with Gasteiger partial charge in [0.15, 0.2) is 0 Å². The summed E-state index contributed by atoms with van der Waals surface area (Å²) in [4.78, 5) is 27.1. The van der Waals surface area contributed by atoms with E-state index < -0.39 is 0 Å². The maximum Gasteiger partial charge on any atom is 0.319 e. The van der Waals surface area contributed by atoms with Gasteiger partial charge in [0.1, 0.15) is 0 Å². The van der Waals surface area contributed by atoms with E-state index in [0.29, 0.717) is 17.8 Å².